The predicted molar refractivity (Wildman–Crippen MR) is 55.9 cm³/mol. The van der Waals surface area contributed by atoms with E-state index in [1.54, 1.807) is 24.3 Å². The van der Waals surface area contributed by atoms with E-state index in [2.05, 4.69) is 10.7 Å². The van der Waals surface area contributed by atoms with E-state index in [9.17, 15) is 9.59 Å². The number of benzene rings is 1. The summed E-state index contributed by atoms with van der Waals surface area (Å²) in [7, 11) is 1.35. The molecule has 0 spiro atoms. The number of nitrogens with two attached hydrogens (primary N) is 1. The highest BCUT2D eigenvalue weighted by atomic mass is 16.2. The van der Waals surface area contributed by atoms with Crippen molar-refractivity contribution in [1.29, 1.82) is 0 Å². The second-order valence-electron chi connectivity index (χ2n) is 2.83. The van der Waals surface area contributed by atoms with Crippen molar-refractivity contribution in [3.63, 3.8) is 0 Å². The molecule has 0 saturated heterocycles. The highest BCUT2D eigenvalue weighted by Gasteiger charge is 2.07. The molecule has 4 amide bonds. The van der Waals surface area contributed by atoms with Crippen molar-refractivity contribution in [3.05, 3.63) is 30.3 Å². The van der Waals surface area contributed by atoms with Crippen molar-refractivity contribution in [1.82, 2.24) is 10.4 Å². The minimum absolute atomic E-state index is 0.525. The quantitative estimate of drug-likeness (QED) is 0.594. The SMILES string of the molecule is CN(NC(=O)Nc1ccccc1)C(N)=O. The summed E-state index contributed by atoms with van der Waals surface area (Å²) in [6.45, 7) is 0. The van der Waals surface area contributed by atoms with E-state index >= 15 is 0 Å². The van der Waals surface area contributed by atoms with Crippen LogP contribution in [-0.2, 0) is 0 Å². The first-order valence-electron chi connectivity index (χ1n) is 4.25. The number of hydrogen-bond donors (Lipinski definition) is 3. The summed E-state index contributed by atoms with van der Waals surface area (Å²) < 4.78 is 0. The van der Waals surface area contributed by atoms with Crippen molar-refractivity contribution >= 4 is 17.7 Å². The van der Waals surface area contributed by atoms with Gasteiger partial charge in [-0.3, -0.25) is 0 Å². The van der Waals surface area contributed by atoms with Gasteiger partial charge in [0.1, 0.15) is 0 Å². The molecule has 80 valence electrons. The Morgan fingerprint density at radius 1 is 1.27 bits per heavy atom. The lowest BCUT2D eigenvalue weighted by atomic mass is 10.3. The number of nitrogens with one attached hydrogen (secondary N) is 2. The molecular formula is C9H12N4O2. The van der Waals surface area contributed by atoms with E-state index in [0.717, 1.165) is 5.01 Å². The molecule has 15 heavy (non-hydrogen) atoms. The molecule has 0 bridgehead atoms. The number of carbonyl (C=O) groups is 2. The second-order valence-corrected chi connectivity index (χ2v) is 2.83. The summed E-state index contributed by atoms with van der Waals surface area (Å²) in [6.07, 6.45) is 0. The Bertz CT molecular complexity index is 352. The van der Waals surface area contributed by atoms with Gasteiger partial charge in [0.25, 0.3) is 0 Å². The van der Waals surface area contributed by atoms with Gasteiger partial charge in [-0.05, 0) is 12.1 Å². The van der Waals surface area contributed by atoms with Crippen molar-refractivity contribution in [2.75, 3.05) is 12.4 Å². The van der Waals surface area contributed by atoms with Crippen LogP contribution in [0.1, 0.15) is 0 Å². The van der Waals surface area contributed by atoms with E-state index in [4.69, 9.17) is 5.73 Å². The zero-order valence-electron chi connectivity index (χ0n) is 8.23. The first-order valence-corrected chi connectivity index (χ1v) is 4.25. The van der Waals surface area contributed by atoms with Gasteiger partial charge in [0.2, 0.25) is 0 Å². The monoisotopic (exact) mass is 208 g/mol. The minimum atomic E-state index is -0.738. The van der Waals surface area contributed by atoms with Crippen molar-refractivity contribution < 1.29 is 9.59 Å². The molecule has 0 aromatic heterocycles. The van der Waals surface area contributed by atoms with Gasteiger partial charge in [0.05, 0.1) is 0 Å². The number of rotatable bonds is 1. The molecule has 6 heteroatoms. The summed E-state index contributed by atoms with van der Waals surface area (Å²) in [5.41, 5.74) is 7.79. The lowest BCUT2D eigenvalue weighted by Gasteiger charge is -2.15. The molecule has 0 fully saturated rings. The Balaban J connectivity index is 2.47. The summed E-state index contributed by atoms with van der Waals surface area (Å²) in [6, 6.07) is 7.59. The Labute approximate surface area is 87.0 Å². The van der Waals surface area contributed by atoms with Gasteiger partial charge in [-0.2, -0.15) is 0 Å². The number of urea groups is 2. The van der Waals surface area contributed by atoms with Gasteiger partial charge in [0, 0.05) is 12.7 Å². The molecule has 6 nitrogen and oxygen atoms in total. The number of carbonyl (C=O) groups excluding carboxylic acids is 2. The minimum Gasteiger partial charge on any atom is -0.350 e. The molecule has 0 heterocycles. The topological polar surface area (TPSA) is 87.5 Å². The van der Waals surface area contributed by atoms with E-state index in [1.165, 1.54) is 7.05 Å². The maximum Gasteiger partial charge on any atom is 0.338 e. The molecule has 1 aromatic carbocycles. The highest BCUT2D eigenvalue weighted by molar-refractivity contribution is 5.90. The fourth-order valence-corrected chi connectivity index (χ4v) is 0.888. The lowest BCUT2D eigenvalue weighted by Crippen LogP contribution is -2.47. The van der Waals surface area contributed by atoms with Crippen molar-refractivity contribution in [3.8, 4) is 0 Å². The van der Waals surface area contributed by atoms with E-state index in [1.807, 2.05) is 6.07 Å². The number of para-hydroxylation sites is 1. The Kier molecular flexibility index (Phi) is 3.50. The molecule has 0 radical (unpaired) electrons. The average Bonchev–Trinajstić information content (AvgIpc) is 2.18. The average molecular weight is 208 g/mol. The van der Waals surface area contributed by atoms with Crippen LogP contribution in [0.5, 0.6) is 0 Å². The molecule has 0 aliphatic carbocycles. The van der Waals surface area contributed by atoms with Gasteiger partial charge in [0.15, 0.2) is 0 Å². The smallest absolute Gasteiger partial charge is 0.338 e. The number of hydrazine groups is 1. The maximum absolute atomic E-state index is 11.3. The van der Waals surface area contributed by atoms with E-state index in [0.29, 0.717) is 5.69 Å². The van der Waals surface area contributed by atoms with Crippen LogP contribution < -0.4 is 16.5 Å². The van der Waals surface area contributed by atoms with Crippen LogP contribution in [-0.4, -0.2) is 24.1 Å². The summed E-state index contributed by atoms with van der Waals surface area (Å²) in [5.74, 6) is 0. The van der Waals surface area contributed by atoms with Crippen molar-refractivity contribution in [2.24, 2.45) is 5.73 Å². The summed E-state index contributed by atoms with van der Waals surface area (Å²) >= 11 is 0. The molecule has 1 rings (SSSR count). The van der Waals surface area contributed by atoms with Crippen LogP contribution in [0.15, 0.2) is 30.3 Å². The zero-order chi connectivity index (χ0) is 11.3. The number of hydrogen-bond acceptors (Lipinski definition) is 2. The third-order valence-electron chi connectivity index (χ3n) is 1.63. The Morgan fingerprint density at radius 3 is 2.40 bits per heavy atom. The standard InChI is InChI=1S/C9H12N4O2/c1-13(8(10)14)12-9(15)11-7-5-3-2-4-6-7/h2-6H,1H3,(H2,10,14)(H2,11,12,15). The van der Waals surface area contributed by atoms with Crippen molar-refractivity contribution in [2.45, 2.75) is 0 Å². The zero-order valence-corrected chi connectivity index (χ0v) is 8.23. The van der Waals surface area contributed by atoms with E-state index < -0.39 is 12.1 Å². The van der Waals surface area contributed by atoms with Crippen LogP contribution in [0, 0.1) is 0 Å². The van der Waals surface area contributed by atoms with Gasteiger partial charge < -0.3 is 11.1 Å². The number of primary amides is 1. The fraction of sp³-hybridized carbons (Fsp3) is 0.111. The maximum atomic E-state index is 11.3. The fourth-order valence-electron chi connectivity index (χ4n) is 0.888. The molecular weight excluding hydrogens is 196 g/mol. The number of nitrogens with zero attached hydrogens (tertiary/aromatic N) is 1. The molecule has 0 saturated carbocycles. The molecule has 4 N–H and O–H groups in total. The first-order chi connectivity index (χ1) is 7.09. The van der Waals surface area contributed by atoms with Crippen LogP contribution in [0.4, 0.5) is 15.3 Å². The van der Waals surface area contributed by atoms with Gasteiger partial charge in [-0.1, -0.05) is 18.2 Å². The van der Waals surface area contributed by atoms with E-state index in [-0.39, 0.29) is 0 Å². The largest absolute Gasteiger partial charge is 0.350 e. The third-order valence-corrected chi connectivity index (χ3v) is 1.63. The van der Waals surface area contributed by atoms with Gasteiger partial charge in [-0.25, -0.2) is 20.0 Å². The molecule has 0 unspecified atom stereocenters. The molecule has 0 aliphatic heterocycles. The Morgan fingerprint density at radius 2 is 1.87 bits per heavy atom. The highest BCUT2D eigenvalue weighted by Crippen LogP contribution is 2.03. The van der Waals surface area contributed by atoms with Gasteiger partial charge >= 0.3 is 12.1 Å². The van der Waals surface area contributed by atoms with Crippen LogP contribution in [0.25, 0.3) is 0 Å². The molecule has 0 atom stereocenters. The number of anilines is 1. The van der Waals surface area contributed by atoms with Crippen LogP contribution in [0.2, 0.25) is 0 Å². The third kappa shape index (κ3) is 3.55. The van der Waals surface area contributed by atoms with Crippen LogP contribution in [0.3, 0.4) is 0 Å². The lowest BCUT2D eigenvalue weighted by molar-refractivity contribution is 0.193. The predicted octanol–water partition coefficient (Wildman–Crippen LogP) is 0.734. The Hall–Kier alpha value is -2.24. The summed E-state index contributed by atoms with van der Waals surface area (Å²) in [5, 5.41) is 3.42. The summed E-state index contributed by atoms with van der Waals surface area (Å²) in [4.78, 5) is 21.8. The second kappa shape index (κ2) is 4.85. The van der Waals surface area contributed by atoms with Crippen LogP contribution >= 0.6 is 0 Å². The first kappa shape index (κ1) is 10.8. The van der Waals surface area contributed by atoms with Gasteiger partial charge in [-0.15, -0.1) is 0 Å². The number of amides is 4. The normalized spacial score (nSPS) is 9.13. The molecule has 0 aliphatic rings. The molecule has 1 aromatic rings.